The summed E-state index contributed by atoms with van der Waals surface area (Å²) in [6.07, 6.45) is 3.54. The number of amides is 3. The van der Waals surface area contributed by atoms with Crippen LogP contribution in [0.4, 0.5) is 16.2 Å². The third kappa shape index (κ3) is 5.21. The Bertz CT molecular complexity index is 1610. The van der Waals surface area contributed by atoms with Crippen LogP contribution in [0.15, 0.2) is 83.9 Å². The molecular formula is C28H22N4O5S. The molecule has 190 valence electrons. The Hall–Kier alpha value is -4.70. The monoisotopic (exact) mass is 526 g/mol. The molecule has 0 bridgehead atoms. The zero-order chi connectivity index (χ0) is 26.8. The highest BCUT2D eigenvalue weighted by Crippen LogP contribution is 2.34. The van der Waals surface area contributed by atoms with E-state index in [2.05, 4.69) is 5.32 Å². The normalized spacial score (nSPS) is 14.4. The highest BCUT2D eigenvalue weighted by atomic mass is 32.2. The van der Waals surface area contributed by atoms with Crippen LogP contribution in [-0.2, 0) is 16.1 Å². The number of imide groups is 1. The summed E-state index contributed by atoms with van der Waals surface area (Å²) < 4.78 is 1.99. The molecule has 0 saturated carbocycles. The van der Waals surface area contributed by atoms with Crippen LogP contribution >= 0.6 is 11.8 Å². The molecule has 1 aromatic heterocycles. The van der Waals surface area contributed by atoms with Gasteiger partial charge in [0, 0.05) is 47.0 Å². The molecule has 1 aliphatic heterocycles. The van der Waals surface area contributed by atoms with E-state index in [9.17, 15) is 24.5 Å². The second kappa shape index (κ2) is 10.3. The molecule has 0 radical (unpaired) electrons. The van der Waals surface area contributed by atoms with Crippen molar-refractivity contribution in [1.82, 2.24) is 9.47 Å². The summed E-state index contributed by atoms with van der Waals surface area (Å²) in [5, 5.41) is 14.0. The van der Waals surface area contributed by atoms with Gasteiger partial charge in [0.2, 0.25) is 5.91 Å². The molecule has 1 N–H and O–H groups in total. The largest absolute Gasteiger partial charge is 0.342 e. The number of nitrogens with zero attached hydrogens (tertiary/aromatic N) is 3. The summed E-state index contributed by atoms with van der Waals surface area (Å²) in [5.74, 6) is -0.983. The molecule has 0 unspecified atom stereocenters. The zero-order valence-electron chi connectivity index (χ0n) is 20.3. The van der Waals surface area contributed by atoms with Crippen LogP contribution < -0.4 is 5.32 Å². The zero-order valence-corrected chi connectivity index (χ0v) is 21.1. The van der Waals surface area contributed by atoms with Gasteiger partial charge in [-0.15, -0.1) is 0 Å². The standard InChI is InChI=1S/C28H22N4O5S/c1-18-6-10-21(11-7-18)29-26(33)17-31-27(34)25(38-28(31)35)14-20-16-30(24-5-3-2-4-23(20)24)15-19-8-12-22(13-9-19)32(36)37/h2-14,16H,15,17H2,1H3,(H,29,33)/b25-14-. The van der Waals surface area contributed by atoms with E-state index < -0.39 is 22.0 Å². The number of benzene rings is 3. The molecule has 5 rings (SSSR count). The molecule has 9 nitrogen and oxygen atoms in total. The van der Waals surface area contributed by atoms with Gasteiger partial charge < -0.3 is 9.88 Å². The first-order valence-electron chi connectivity index (χ1n) is 11.7. The van der Waals surface area contributed by atoms with Crippen LogP contribution in [0, 0.1) is 17.0 Å². The minimum absolute atomic E-state index is 0.0232. The number of hydrogen-bond donors (Lipinski definition) is 1. The van der Waals surface area contributed by atoms with Gasteiger partial charge in [0.1, 0.15) is 6.54 Å². The van der Waals surface area contributed by atoms with Gasteiger partial charge in [-0.2, -0.15) is 0 Å². The second-order valence-corrected chi connectivity index (χ2v) is 9.83. The Morgan fingerprint density at radius 2 is 1.74 bits per heavy atom. The fourth-order valence-electron chi connectivity index (χ4n) is 4.20. The number of fused-ring (bicyclic) bond motifs is 1. The van der Waals surface area contributed by atoms with Gasteiger partial charge in [0.05, 0.1) is 9.83 Å². The Morgan fingerprint density at radius 3 is 2.45 bits per heavy atom. The number of thioether (sulfide) groups is 1. The minimum atomic E-state index is -0.522. The average molecular weight is 527 g/mol. The summed E-state index contributed by atoms with van der Waals surface area (Å²) in [6.45, 7) is 2.02. The molecule has 1 aliphatic rings. The summed E-state index contributed by atoms with van der Waals surface area (Å²) in [6, 6.07) is 21.2. The summed E-state index contributed by atoms with van der Waals surface area (Å²) in [7, 11) is 0. The number of aromatic nitrogens is 1. The van der Waals surface area contributed by atoms with E-state index in [-0.39, 0.29) is 17.1 Å². The number of nitro groups is 1. The van der Waals surface area contributed by atoms with Gasteiger partial charge in [0.15, 0.2) is 0 Å². The fourth-order valence-corrected chi connectivity index (χ4v) is 5.03. The lowest BCUT2D eigenvalue weighted by Crippen LogP contribution is -2.36. The van der Waals surface area contributed by atoms with Gasteiger partial charge >= 0.3 is 0 Å². The Morgan fingerprint density at radius 1 is 1.03 bits per heavy atom. The smallest absolute Gasteiger partial charge is 0.294 e. The fraction of sp³-hybridized carbons (Fsp3) is 0.107. The molecule has 3 aromatic carbocycles. The SMILES string of the molecule is Cc1ccc(NC(=O)CN2C(=O)S/C(=C\c3cn(Cc4ccc([N+](=O)[O-])cc4)c4ccccc34)C2=O)cc1. The minimum Gasteiger partial charge on any atom is -0.342 e. The summed E-state index contributed by atoms with van der Waals surface area (Å²) in [4.78, 5) is 49.8. The van der Waals surface area contributed by atoms with Gasteiger partial charge in [-0.1, -0.05) is 48.0 Å². The maximum Gasteiger partial charge on any atom is 0.294 e. The molecule has 0 spiro atoms. The number of rotatable bonds is 7. The molecule has 4 aromatic rings. The third-order valence-corrected chi connectivity index (χ3v) is 7.02. The number of nitrogens with one attached hydrogen (secondary N) is 1. The van der Waals surface area contributed by atoms with Crippen molar-refractivity contribution in [2.45, 2.75) is 13.5 Å². The van der Waals surface area contributed by atoms with Crippen LogP contribution in [0.1, 0.15) is 16.7 Å². The Labute approximate surface area is 221 Å². The van der Waals surface area contributed by atoms with Crippen LogP contribution in [0.5, 0.6) is 0 Å². The molecule has 10 heteroatoms. The number of anilines is 1. The average Bonchev–Trinajstić information content (AvgIpc) is 3.37. The first kappa shape index (κ1) is 25.0. The van der Waals surface area contributed by atoms with E-state index in [4.69, 9.17) is 0 Å². The van der Waals surface area contributed by atoms with E-state index in [0.29, 0.717) is 12.2 Å². The number of carbonyl (C=O) groups is 3. The lowest BCUT2D eigenvalue weighted by molar-refractivity contribution is -0.384. The number of non-ortho nitro benzene ring substituents is 1. The van der Waals surface area contributed by atoms with Crippen molar-refractivity contribution in [3.8, 4) is 0 Å². The maximum atomic E-state index is 13.0. The number of nitro benzene ring substituents is 1. The van der Waals surface area contributed by atoms with E-state index in [1.165, 1.54) is 12.1 Å². The van der Waals surface area contributed by atoms with Gasteiger partial charge in [-0.05, 0) is 48.5 Å². The quantitative estimate of drug-likeness (QED) is 0.191. The molecular weight excluding hydrogens is 504 g/mol. The predicted molar refractivity (Wildman–Crippen MR) is 147 cm³/mol. The van der Waals surface area contributed by atoms with Crippen LogP contribution in [0.2, 0.25) is 0 Å². The van der Waals surface area contributed by atoms with Crippen molar-refractivity contribution in [3.05, 3.63) is 111 Å². The van der Waals surface area contributed by atoms with E-state index in [0.717, 1.165) is 44.3 Å². The van der Waals surface area contributed by atoms with Crippen molar-refractivity contribution < 1.29 is 19.3 Å². The molecule has 38 heavy (non-hydrogen) atoms. The van der Waals surface area contributed by atoms with Crippen molar-refractivity contribution in [1.29, 1.82) is 0 Å². The number of carbonyl (C=O) groups excluding carboxylic acids is 3. The van der Waals surface area contributed by atoms with Crippen LogP contribution in [-0.4, -0.2) is 38.0 Å². The van der Waals surface area contributed by atoms with Crippen molar-refractivity contribution in [2.24, 2.45) is 0 Å². The Balaban J connectivity index is 1.36. The van der Waals surface area contributed by atoms with Crippen LogP contribution in [0.25, 0.3) is 17.0 Å². The first-order chi connectivity index (χ1) is 18.3. The molecule has 0 aliphatic carbocycles. The first-order valence-corrected chi connectivity index (χ1v) is 12.5. The van der Waals surface area contributed by atoms with Crippen molar-refractivity contribution in [2.75, 3.05) is 11.9 Å². The van der Waals surface area contributed by atoms with Gasteiger partial charge in [-0.3, -0.25) is 29.4 Å². The molecule has 1 fully saturated rings. The number of aryl methyl sites for hydroxylation is 1. The molecule has 1 saturated heterocycles. The third-order valence-electron chi connectivity index (χ3n) is 6.12. The van der Waals surface area contributed by atoms with Crippen LogP contribution in [0.3, 0.4) is 0 Å². The molecule has 2 heterocycles. The van der Waals surface area contributed by atoms with Gasteiger partial charge in [-0.25, -0.2) is 0 Å². The van der Waals surface area contributed by atoms with E-state index in [1.54, 1.807) is 30.3 Å². The highest BCUT2D eigenvalue weighted by Gasteiger charge is 2.36. The molecule has 0 atom stereocenters. The van der Waals surface area contributed by atoms with Crippen molar-refractivity contribution in [3.63, 3.8) is 0 Å². The van der Waals surface area contributed by atoms with Gasteiger partial charge in [0.25, 0.3) is 16.8 Å². The summed E-state index contributed by atoms with van der Waals surface area (Å²) in [5.41, 5.74) is 4.20. The maximum absolute atomic E-state index is 13.0. The predicted octanol–water partition coefficient (Wildman–Crippen LogP) is 5.58. The van der Waals surface area contributed by atoms with Crippen molar-refractivity contribution >= 4 is 57.2 Å². The van der Waals surface area contributed by atoms with E-state index >= 15 is 0 Å². The lowest BCUT2D eigenvalue weighted by atomic mass is 10.1. The summed E-state index contributed by atoms with van der Waals surface area (Å²) >= 11 is 0.798. The number of hydrogen-bond acceptors (Lipinski definition) is 6. The Kier molecular flexibility index (Phi) is 6.80. The highest BCUT2D eigenvalue weighted by molar-refractivity contribution is 8.18. The lowest BCUT2D eigenvalue weighted by Gasteiger charge is -2.12. The topological polar surface area (TPSA) is 115 Å². The second-order valence-electron chi connectivity index (χ2n) is 8.84. The molecule has 3 amide bonds. The number of para-hydroxylation sites is 1. The van der Waals surface area contributed by atoms with E-state index in [1.807, 2.05) is 54.1 Å².